The minimum atomic E-state index is -0.859. The molecule has 0 spiro atoms. The zero-order valence-corrected chi connectivity index (χ0v) is 16.1. The van der Waals surface area contributed by atoms with Crippen LogP contribution in [0.25, 0.3) is 11.1 Å². The molecule has 0 bridgehead atoms. The third kappa shape index (κ3) is 6.11. The van der Waals surface area contributed by atoms with E-state index >= 15 is 0 Å². The number of carboxylic acid groups (broad SMARTS) is 1. The van der Waals surface area contributed by atoms with E-state index in [-0.39, 0.29) is 0 Å². The molecule has 2 N–H and O–H groups in total. The lowest BCUT2D eigenvalue weighted by Crippen LogP contribution is -2.35. The van der Waals surface area contributed by atoms with Crippen LogP contribution in [0.15, 0.2) is 36.4 Å². The Kier molecular flexibility index (Phi) is 9.30. The first-order valence-electron chi connectivity index (χ1n) is 8.45. The summed E-state index contributed by atoms with van der Waals surface area (Å²) in [6.45, 7) is 4.19. The predicted octanol–water partition coefficient (Wildman–Crippen LogP) is 4.35. The topological polar surface area (TPSA) is 49.3 Å². The summed E-state index contributed by atoms with van der Waals surface area (Å²) in [5.74, 6) is -1.59. The number of thiol groups is 1. The van der Waals surface area contributed by atoms with Crippen LogP contribution in [0, 0.1) is 11.6 Å². The van der Waals surface area contributed by atoms with Crippen molar-refractivity contribution in [3.8, 4) is 11.1 Å². The number of rotatable bonds is 6. The average molecular weight is 381 g/mol. The van der Waals surface area contributed by atoms with Gasteiger partial charge in [-0.1, -0.05) is 32.0 Å². The second kappa shape index (κ2) is 10.9. The summed E-state index contributed by atoms with van der Waals surface area (Å²) in [6.07, 6.45) is 1.88. The molecule has 6 heteroatoms. The molecule has 2 rings (SSSR count). The van der Waals surface area contributed by atoms with Gasteiger partial charge in [-0.05, 0) is 48.7 Å². The van der Waals surface area contributed by atoms with Crippen LogP contribution < -0.4 is 5.32 Å². The largest absolute Gasteiger partial charge is 0.480 e. The molecule has 1 atom stereocenters. The summed E-state index contributed by atoms with van der Waals surface area (Å²) in [6, 6.07) is 9.11. The molecule has 0 saturated carbocycles. The molecular weight excluding hydrogens is 356 g/mol. The summed E-state index contributed by atoms with van der Waals surface area (Å²) in [7, 11) is 1.59. The van der Waals surface area contributed by atoms with Crippen LogP contribution >= 0.6 is 12.6 Å². The third-order valence-corrected chi connectivity index (χ3v) is 4.40. The Bertz CT molecular complexity index is 734. The highest BCUT2D eigenvalue weighted by Crippen LogP contribution is 2.26. The minimum absolute atomic E-state index is 0.325. The van der Waals surface area contributed by atoms with Crippen molar-refractivity contribution in [3.05, 3.63) is 59.2 Å². The lowest BCUT2D eigenvalue weighted by atomic mass is 9.96. The van der Waals surface area contributed by atoms with Crippen molar-refractivity contribution in [1.29, 1.82) is 0 Å². The van der Waals surface area contributed by atoms with Crippen LogP contribution in [0.3, 0.4) is 0 Å². The van der Waals surface area contributed by atoms with Crippen molar-refractivity contribution in [2.75, 3.05) is 12.8 Å². The molecule has 0 unspecified atom stereocenters. The van der Waals surface area contributed by atoms with Gasteiger partial charge in [-0.25, -0.2) is 8.78 Å². The number of hydrogen-bond acceptors (Lipinski definition) is 3. The lowest BCUT2D eigenvalue weighted by Gasteiger charge is -2.10. The predicted molar refractivity (Wildman–Crippen MR) is 105 cm³/mol. The van der Waals surface area contributed by atoms with Crippen LogP contribution in [0.4, 0.5) is 8.78 Å². The highest BCUT2D eigenvalue weighted by molar-refractivity contribution is 7.80. The quantitative estimate of drug-likeness (QED) is 0.652. The summed E-state index contributed by atoms with van der Waals surface area (Å²) >= 11 is 3.79. The van der Waals surface area contributed by atoms with Gasteiger partial charge in [0.1, 0.15) is 17.7 Å². The van der Waals surface area contributed by atoms with E-state index in [1.165, 1.54) is 23.3 Å². The molecule has 3 nitrogen and oxygen atoms in total. The first-order valence-corrected chi connectivity index (χ1v) is 9.09. The first kappa shape index (κ1) is 22.1. The highest BCUT2D eigenvalue weighted by Gasteiger charge is 2.10. The molecule has 142 valence electrons. The normalized spacial score (nSPS) is 11.5. The molecule has 0 amide bonds. The van der Waals surface area contributed by atoms with E-state index < -0.39 is 23.6 Å². The van der Waals surface area contributed by atoms with Crippen molar-refractivity contribution in [3.63, 3.8) is 0 Å². The van der Waals surface area contributed by atoms with E-state index in [0.29, 0.717) is 11.3 Å². The van der Waals surface area contributed by atoms with Crippen LogP contribution in [0.1, 0.15) is 25.0 Å². The number of aryl methyl sites for hydroxylation is 2. The molecule has 0 heterocycles. The fourth-order valence-corrected chi connectivity index (χ4v) is 2.82. The Morgan fingerprint density at radius 1 is 1.12 bits per heavy atom. The molecule has 0 aromatic heterocycles. The fourth-order valence-electron chi connectivity index (χ4n) is 2.48. The monoisotopic (exact) mass is 381 g/mol. The minimum Gasteiger partial charge on any atom is -0.480 e. The Balaban J connectivity index is 0.000000359. The van der Waals surface area contributed by atoms with Crippen molar-refractivity contribution < 1.29 is 18.7 Å². The molecule has 0 radical (unpaired) electrons. The van der Waals surface area contributed by atoms with Crippen molar-refractivity contribution in [1.82, 2.24) is 5.32 Å². The van der Waals surface area contributed by atoms with Gasteiger partial charge in [0.15, 0.2) is 0 Å². The van der Waals surface area contributed by atoms with E-state index in [0.717, 1.165) is 24.5 Å². The molecule has 0 aliphatic rings. The highest BCUT2D eigenvalue weighted by atomic mass is 32.1. The number of hydrogen-bond donors (Lipinski definition) is 3. The van der Waals surface area contributed by atoms with E-state index in [2.05, 4.69) is 31.8 Å². The Labute approximate surface area is 158 Å². The number of carboxylic acids is 1. The van der Waals surface area contributed by atoms with E-state index in [4.69, 9.17) is 5.11 Å². The lowest BCUT2D eigenvalue weighted by molar-refractivity contribution is -0.138. The summed E-state index contributed by atoms with van der Waals surface area (Å²) in [5.41, 5.74) is 3.76. The summed E-state index contributed by atoms with van der Waals surface area (Å²) in [5, 5.41) is 10.8. The number of aliphatic carboxylic acids is 1. The van der Waals surface area contributed by atoms with Gasteiger partial charge in [0, 0.05) is 17.4 Å². The second-order valence-corrected chi connectivity index (χ2v) is 6.04. The number of benzene rings is 2. The molecular formula is C20H25F2NO2S. The maximum absolute atomic E-state index is 13.7. The second-order valence-electron chi connectivity index (χ2n) is 5.68. The maximum Gasteiger partial charge on any atom is 0.321 e. The van der Waals surface area contributed by atoms with Crippen LogP contribution in [0.2, 0.25) is 0 Å². The van der Waals surface area contributed by atoms with Gasteiger partial charge in [0.25, 0.3) is 0 Å². The fraction of sp³-hybridized carbons (Fsp3) is 0.350. The van der Waals surface area contributed by atoms with Gasteiger partial charge in [0.2, 0.25) is 0 Å². The summed E-state index contributed by atoms with van der Waals surface area (Å²) in [4.78, 5) is 10.1. The Morgan fingerprint density at radius 3 is 2.19 bits per heavy atom. The number of nitrogens with one attached hydrogen (secondary N) is 1. The smallest absolute Gasteiger partial charge is 0.321 e. The van der Waals surface area contributed by atoms with Gasteiger partial charge in [-0.3, -0.25) is 4.79 Å². The molecule has 0 saturated heterocycles. The van der Waals surface area contributed by atoms with E-state index in [1.807, 2.05) is 18.2 Å². The van der Waals surface area contributed by atoms with Gasteiger partial charge < -0.3 is 10.4 Å². The number of likely N-dealkylation sites (N-methyl/N-ethyl adjacent to an activating group) is 1. The first-order chi connectivity index (χ1) is 12.4. The van der Waals surface area contributed by atoms with Gasteiger partial charge in [-0.2, -0.15) is 12.6 Å². The van der Waals surface area contributed by atoms with Crippen molar-refractivity contribution in [2.24, 2.45) is 0 Å². The number of halogens is 2. The molecule has 0 fully saturated rings. The van der Waals surface area contributed by atoms with Crippen molar-refractivity contribution in [2.45, 2.75) is 32.7 Å². The number of carbonyl (C=O) groups is 1. The molecule has 2 aromatic rings. The SMILES string of the molecule is CCc1ccc(-c2ccc(F)cc2F)cc1CC.CN[C@H](CS)C(=O)O. The summed E-state index contributed by atoms with van der Waals surface area (Å²) < 4.78 is 26.6. The van der Waals surface area contributed by atoms with Crippen LogP contribution in [-0.2, 0) is 17.6 Å². The molecule has 26 heavy (non-hydrogen) atoms. The Hall–Kier alpha value is -1.92. The Morgan fingerprint density at radius 2 is 1.77 bits per heavy atom. The van der Waals surface area contributed by atoms with Crippen molar-refractivity contribution >= 4 is 18.6 Å². The molecule has 2 aromatic carbocycles. The van der Waals surface area contributed by atoms with Crippen LogP contribution in [0.5, 0.6) is 0 Å². The average Bonchev–Trinajstić information content (AvgIpc) is 2.62. The molecule has 0 aliphatic carbocycles. The van der Waals surface area contributed by atoms with Gasteiger partial charge in [0.05, 0.1) is 0 Å². The standard InChI is InChI=1S/C16H16F2.C4H9NO2S/c1-3-11-5-6-13(9-12(11)4-2)15-8-7-14(17)10-16(15)18;1-5-3(2-8)4(6)7/h5-10H,3-4H2,1-2H3;3,5,8H,2H2,1H3,(H,6,7)/t;3-/m.1/s1. The van der Waals surface area contributed by atoms with Gasteiger partial charge >= 0.3 is 5.97 Å². The van der Waals surface area contributed by atoms with Gasteiger partial charge in [-0.15, -0.1) is 0 Å². The zero-order chi connectivity index (χ0) is 19.7. The maximum atomic E-state index is 13.7. The van der Waals surface area contributed by atoms with E-state index in [9.17, 15) is 13.6 Å². The third-order valence-electron chi connectivity index (χ3n) is 4.04. The molecule has 0 aliphatic heterocycles. The zero-order valence-electron chi connectivity index (χ0n) is 15.2. The van der Waals surface area contributed by atoms with E-state index in [1.54, 1.807) is 7.05 Å². The van der Waals surface area contributed by atoms with Crippen LogP contribution in [-0.4, -0.2) is 29.9 Å².